The largest absolute Gasteiger partial charge is 0.480 e. The predicted molar refractivity (Wildman–Crippen MR) is 45.4 cm³/mol. The molecule has 0 bridgehead atoms. The number of carbonyl (C=O) groups is 2. The molecule has 0 saturated heterocycles. The highest BCUT2D eigenvalue weighted by Crippen LogP contribution is 2.20. The zero-order valence-corrected chi connectivity index (χ0v) is 8.01. The van der Waals surface area contributed by atoms with Gasteiger partial charge in [0.25, 0.3) is 0 Å². The van der Waals surface area contributed by atoms with E-state index in [0.29, 0.717) is 0 Å². The van der Waals surface area contributed by atoms with E-state index in [2.05, 4.69) is 0 Å². The summed E-state index contributed by atoms with van der Waals surface area (Å²) < 4.78 is -1.24. The van der Waals surface area contributed by atoms with Crippen LogP contribution in [0.1, 0.15) is 20.3 Å². The summed E-state index contributed by atoms with van der Waals surface area (Å²) in [6.07, 6.45) is 0.270. The molecular weight excluding hydrogens is 247 g/mol. The van der Waals surface area contributed by atoms with Gasteiger partial charge in [0.05, 0.1) is 0 Å². The second-order valence-corrected chi connectivity index (χ2v) is 4.24. The van der Waals surface area contributed by atoms with Crippen LogP contribution in [0, 0.1) is 0 Å². The Morgan fingerprint density at radius 1 is 1.60 bits per heavy atom. The quantitative estimate of drug-likeness (QED) is 0.469. The summed E-state index contributed by atoms with van der Waals surface area (Å²) in [6, 6.07) is 0. The molecule has 1 atom stereocenters. The van der Waals surface area contributed by atoms with Crippen molar-refractivity contribution in [2.45, 2.75) is 23.7 Å². The third kappa shape index (κ3) is 1.93. The summed E-state index contributed by atoms with van der Waals surface area (Å²) >= 11 is 1.64. The number of carbonyl (C=O) groups excluding carboxylic acids is 1. The zero-order chi connectivity index (χ0) is 8.36. The zero-order valence-electron chi connectivity index (χ0n) is 5.85. The summed E-state index contributed by atoms with van der Waals surface area (Å²) in [5.41, 5.74) is 0. The topological polar surface area (TPSA) is 54.4 Å². The minimum absolute atomic E-state index is 0.249. The predicted octanol–water partition coefficient (Wildman–Crippen LogP) is 1.24. The first-order valence-electron chi connectivity index (χ1n) is 2.88. The first-order valence-corrected chi connectivity index (χ1v) is 3.96. The lowest BCUT2D eigenvalue weighted by molar-refractivity contribution is -0.142. The number of carboxylic acid groups (broad SMARTS) is 1. The third-order valence-corrected chi connectivity index (χ3v) is 2.31. The van der Waals surface area contributed by atoms with Crippen molar-refractivity contribution in [3.8, 4) is 0 Å². The second kappa shape index (κ2) is 3.32. The van der Waals surface area contributed by atoms with E-state index in [4.69, 9.17) is 5.11 Å². The van der Waals surface area contributed by atoms with E-state index < -0.39 is 9.39 Å². The normalized spacial score (nSPS) is 15.9. The molecule has 1 unspecified atom stereocenters. The van der Waals surface area contributed by atoms with E-state index in [9.17, 15) is 9.59 Å². The monoisotopic (exact) mass is 256 g/mol. The minimum Gasteiger partial charge on any atom is -0.480 e. The van der Waals surface area contributed by atoms with E-state index in [0.717, 1.165) is 0 Å². The molecule has 0 aliphatic heterocycles. The standard InChI is InChI=1S/C6H9IO3/c1-3-4(8)6(2,7)5(9)10/h3H2,1-2H3,(H,9,10). The van der Waals surface area contributed by atoms with Crippen LogP contribution in [0.5, 0.6) is 0 Å². The van der Waals surface area contributed by atoms with Crippen molar-refractivity contribution in [2.24, 2.45) is 0 Å². The van der Waals surface area contributed by atoms with Gasteiger partial charge < -0.3 is 5.11 Å². The lowest BCUT2D eigenvalue weighted by Gasteiger charge is -2.13. The van der Waals surface area contributed by atoms with Gasteiger partial charge >= 0.3 is 5.97 Å². The molecule has 0 saturated carbocycles. The fourth-order valence-electron chi connectivity index (χ4n) is 0.451. The lowest BCUT2D eigenvalue weighted by atomic mass is 10.1. The maximum absolute atomic E-state index is 10.9. The molecule has 0 aromatic heterocycles. The Morgan fingerprint density at radius 2 is 2.00 bits per heavy atom. The van der Waals surface area contributed by atoms with Crippen LogP contribution in [-0.4, -0.2) is 20.3 Å². The highest BCUT2D eigenvalue weighted by atomic mass is 127. The molecule has 1 N–H and O–H groups in total. The van der Waals surface area contributed by atoms with Crippen LogP contribution in [-0.2, 0) is 9.59 Å². The average Bonchev–Trinajstić information content (AvgIpc) is 1.86. The summed E-state index contributed by atoms with van der Waals surface area (Å²) in [5, 5.41) is 8.51. The number of ketones is 1. The molecule has 0 aromatic rings. The molecule has 0 rings (SSSR count). The SMILES string of the molecule is CCC(=O)C(C)(I)C(=O)O. The van der Waals surface area contributed by atoms with E-state index in [-0.39, 0.29) is 12.2 Å². The van der Waals surface area contributed by atoms with Gasteiger partial charge in [-0.1, -0.05) is 29.5 Å². The van der Waals surface area contributed by atoms with E-state index in [1.54, 1.807) is 29.5 Å². The van der Waals surface area contributed by atoms with Gasteiger partial charge in [-0.2, -0.15) is 0 Å². The number of hydrogen-bond donors (Lipinski definition) is 1. The van der Waals surface area contributed by atoms with E-state index >= 15 is 0 Å². The number of halogens is 1. The van der Waals surface area contributed by atoms with Crippen molar-refractivity contribution in [2.75, 3.05) is 0 Å². The average molecular weight is 256 g/mol. The Labute approximate surface area is 72.9 Å². The van der Waals surface area contributed by atoms with Crippen molar-refractivity contribution in [1.29, 1.82) is 0 Å². The highest BCUT2D eigenvalue weighted by molar-refractivity contribution is 14.1. The number of carboxylic acids is 1. The van der Waals surface area contributed by atoms with Gasteiger partial charge in [-0.3, -0.25) is 9.59 Å². The fraction of sp³-hybridized carbons (Fsp3) is 0.667. The maximum atomic E-state index is 10.9. The summed E-state index contributed by atoms with van der Waals surface area (Å²) in [4.78, 5) is 21.3. The smallest absolute Gasteiger partial charge is 0.326 e. The number of Topliss-reactive ketones (excluding diaryl/α,β-unsaturated/α-hetero) is 1. The molecule has 0 aromatic carbocycles. The van der Waals surface area contributed by atoms with E-state index in [1.165, 1.54) is 6.92 Å². The van der Waals surface area contributed by atoms with Gasteiger partial charge in [0.2, 0.25) is 0 Å². The number of hydrogen-bond acceptors (Lipinski definition) is 2. The van der Waals surface area contributed by atoms with E-state index in [1.807, 2.05) is 0 Å². The van der Waals surface area contributed by atoms with Crippen molar-refractivity contribution in [3.63, 3.8) is 0 Å². The van der Waals surface area contributed by atoms with Gasteiger partial charge in [-0.15, -0.1) is 0 Å². The first-order chi connectivity index (χ1) is 4.42. The molecule has 0 fully saturated rings. The number of aliphatic carboxylic acids is 1. The van der Waals surface area contributed by atoms with Gasteiger partial charge in [-0.25, -0.2) is 0 Å². The Hall–Kier alpha value is -0.130. The molecule has 4 heteroatoms. The fourth-order valence-corrected chi connectivity index (χ4v) is 0.833. The first kappa shape index (κ1) is 9.87. The van der Waals surface area contributed by atoms with Crippen LogP contribution in [0.3, 0.4) is 0 Å². The van der Waals surface area contributed by atoms with Crippen LogP contribution >= 0.6 is 22.6 Å². The molecule has 58 valence electrons. The molecule has 10 heavy (non-hydrogen) atoms. The molecule has 0 spiro atoms. The second-order valence-electron chi connectivity index (χ2n) is 2.08. The molecule has 0 radical (unpaired) electrons. The Bertz CT molecular complexity index is 162. The lowest BCUT2D eigenvalue weighted by Crippen LogP contribution is -2.36. The number of rotatable bonds is 3. The molecule has 0 aliphatic rings. The Balaban J connectivity index is 4.40. The molecule has 0 amide bonds. The Kier molecular flexibility index (Phi) is 3.27. The highest BCUT2D eigenvalue weighted by Gasteiger charge is 2.36. The van der Waals surface area contributed by atoms with Crippen LogP contribution < -0.4 is 0 Å². The summed E-state index contributed by atoms with van der Waals surface area (Å²) in [6.45, 7) is 3.06. The van der Waals surface area contributed by atoms with Crippen LogP contribution in [0.15, 0.2) is 0 Å². The van der Waals surface area contributed by atoms with Crippen LogP contribution in [0.4, 0.5) is 0 Å². The van der Waals surface area contributed by atoms with Crippen LogP contribution in [0.2, 0.25) is 0 Å². The summed E-state index contributed by atoms with van der Waals surface area (Å²) in [7, 11) is 0. The van der Waals surface area contributed by atoms with Crippen molar-refractivity contribution < 1.29 is 14.7 Å². The molecule has 0 aliphatic carbocycles. The molecular formula is C6H9IO3. The van der Waals surface area contributed by atoms with Crippen molar-refractivity contribution >= 4 is 34.3 Å². The Morgan fingerprint density at radius 3 is 2.10 bits per heavy atom. The van der Waals surface area contributed by atoms with Gasteiger partial charge in [0.1, 0.15) is 0 Å². The molecule has 3 nitrogen and oxygen atoms in total. The third-order valence-electron chi connectivity index (χ3n) is 1.25. The van der Waals surface area contributed by atoms with Crippen molar-refractivity contribution in [3.05, 3.63) is 0 Å². The van der Waals surface area contributed by atoms with Crippen molar-refractivity contribution in [1.82, 2.24) is 0 Å². The number of alkyl halides is 1. The maximum Gasteiger partial charge on any atom is 0.326 e. The van der Waals surface area contributed by atoms with Gasteiger partial charge in [-0.05, 0) is 6.92 Å². The van der Waals surface area contributed by atoms with Crippen LogP contribution in [0.25, 0.3) is 0 Å². The summed E-state index contributed by atoms with van der Waals surface area (Å²) in [5.74, 6) is -1.32. The molecule has 0 heterocycles. The minimum atomic E-state index is -1.24. The van der Waals surface area contributed by atoms with Gasteiger partial charge in [0, 0.05) is 6.42 Å². The van der Waals surface area contributed by atoms with Gasteiger partial charge in [0.15, 0.2) is 9.20 Å².